The van der Waals surface area contributed by atoms with E-state index in [0.717, 1.165) is 5.56 Å². The van der Waals surface area contributed by atoms with E-state index in [1.165, 1.54) is 31.4 Å². The largest absolute Gasteiger partial charge is 0.481 e. The zero-order valence-corrected chi connectivity index (χ0v) is 14.6. The van der Waals surface area contributed by atoms with Gasteiger partial charge in [0.15, 0.2) is 0 Å². The number of nitrogens with one attached hydrogen (secondary N) is 1. The van der Waals surface area contributed by atoms with Crippen LogP contribution in [0, 0.1) is 6.92 Å². The molecule has 1 heterocycles. The standard InChI is InChI=1S/C15H20N4O4S/c1-10-13(8-9-22-2)14(23-3)18-15(17-10)19-24(20,21)12-6-4-11(16)5-7-12/h4-7H,8-9,16H2,1-3H3,(H,17,18,19). The topological polar surface area (TPSA) is 116 Å². The number of nitrogens with two attached hydrogens (primary N) is 1. The fourth-order valence-corrected chi connectivity index (χ4v) is 3.05. The lowest BCUT2D eigenvalue weighted by molar-refractivity contribution is 0.201. The molecule has 2 aromatic rings. The molecule has 0 saturated carbocycles. The summed E-state index contributed by atoms with van der Waals surface area (Å²) in [6, 6.07) is 5.84. The van der Waals surface area contributed by atoms with Crippen molar-refractivity contribution in [2.75, 3.05) is 31.3 Å². The Morgan fingerprint density at radius 2 is 1.83 bits per heavy atom. The van der Waals surface area contributed by atoms with Gasteiger partial charge in [0.05, 0.1) is 24.3 Å². The van der Waals surface area contributed by atoms with Gasteiger partial charge in [0.2, 0.25) is 11.8 Å². The Morgan fingerprint density at radius 3 is 2.42 bits per heavy atom. The summed E-state index contributed by atoms with van der Waals surface area (Å²) in [5, 5.41) is 0. The van der Waals surface area contributed by atoms with Crippen LogP contribution in [0.2, 0.25) is 0 Å². The molecule has 1 aromatic carbocycles. The third-order valence-corrected chi connectivity index (χ3v) is 4.69. The van der Waals surface area contributed by atoms with Crippen molar-refractivity contribution in [1.82, 2.24) is 9.97 Å². The normalized spacial score (nSPS) is 11.3. The zero-order chi connectivity index (χ0) is 17.7. The molecule has 0 unspecified atom stereocenters. The lowest BCUT2D eigenvalue weighted by Crippen LogP contribution is -2.16. The lowest BCUT2D eigenvalue weighted by atomic mass is 10.2. The van der Waals surface area contributed by atoms with Crippen LogP contribution in [0.4, 0.5) is 11.6 Å². The number of hydrogen-bond donors (Lipinski definition) is 2. The first-order valence-corrected chi connectivity index (χ1v) is 8.64. The first kappa shape index (κ1) is 18.0. The van der Waals surface area contributed by atoms with E-state index in [2.05, 4.69) is 14.7 Å². The molecule has 0 aliphatic heterocycles. The molecule has 0 atom stereocenters. The minimum absolute atomic E-state index is 0.0534. The quantitative estimate of drug-likeness (QED) is 0.723. The predicted octanol–water partition coefficient (Wildman–Crippen LogP) is 1.37. The van der Waals surface area contributed by atoms with E-state index in [4.69, 9.17) is 15.2 Å². The van der Waals surface area contributed by atoms with Crippen molar-refractivity contribution in [3.63, 3.8) is 0 Å². The van der Waals surface area contributed by atoms with Gasteiger partial charge in [-0.25, -0.2) is 18.1 Å². The van der Waals surface area contributed by atoms with Crippen LogP contribution in [0.5, 0.6) is 5.88 Å². The number of anilines is 2. The van der Waals surface area contributed by atoms with E-state index in [1.54, 1.807) is 14.0 Å². The number of ether oxygens (including phenoxy) is 2. The van der Waals surface area contributed by atoms with Crippen LogP contribution in [0.15, 0.2) is 29.2 Å². The van der Waals surface area contributed by atoms with Crippen molar-refractivity contribution < 1.29 is 17.9 Å². The summed E-state index contributed by atoms with van der Waals surface area (Å²) in [5.74, 6) is 0.261. The average Bonchev–Trinajstić information content (AvgIpc) is 2.53. The van der Waals surface area contributed by atoms with Crippen LogP contribution in [0.3, 0.4) is 0 Å². The van der Waals surface area contributed by atoms with Crippen LogP contribution >= 0.6 is 0 Å². The number of rotatable bonds is 7. The van der Waals surface area contributed by atoms with E-state index in [1.807, 2.05) is 0 Å². The van der Waals surface area contributed by atoms with Crippen molar-refractivity contribution in [2.45, 2.75) is 18.2 Å². The van der Waals surface area contributed by atoms with Crippen LogP contribution in [0.1, 0.15) is 11.3 Å². The molecule has 9 heteroatoms. The number of nitrogens with zero attached hydrogens (tertiary/aromatic N) is 2. The number of sulfonamides is 1. The van der Waals surface area contributed by atoms with Crippen LogP contribution in [-0.4, -0.2) is 39.2 Å². The highest BCUT2D eigenvalue weighted by atomic mass is 32.2. The molecular weight excluding hydrogens is 332 g/mol. The highest BCUT2D eigenvalue weighted by Crippen LogP contribution is 2.22. The summed E-state index contributed by atoms with van der Waals surface area (Å²) >= 11 is 0. The maximum absolute atomic E-state index is 12.4. The van der Waals surface area contributed by atoms with Gasteiger partial charge in [0, 0.05) is 24.8 Å². The van der Waals surface area contributed by atoms with Crippen LogP contribution in [0.25, 0.3) is 0 Å². The number of aromatic nitrogens is 2. The highest BCUT2D eigenvalue weighted by molar-refractivity contribution is 7.92. The highest BCUT2D eigenvalue weighted by Gasteiger charge is 2.18. The van der Waals surface area contributed by atoms with Crippen molar-refractivity contribution in [3.8, 4) is 5.88 Å². The minimum Gasteiger partial charge on any atom is -0.481 e. The molecule has 24 heavy (non-hydrogen) atoms. The van der Waals surface area contributed by atoms with E-state index in [-0.39, 0.29) is 10.8 Å². The molecule has 0 aliphatic rings. The zero-order valence-electron chi connectivity index (χ0n) is 13.7. The number of methoxy groups -OCH3 is 2. The van der Waals surface area contributed by atoms with Gasteiger partial charge < -0.3 is 15.2 Å². The van der Waals surface area contributed by atoms with E-state index < -0.39 is 10.0 Å². The Morgan fingerprint density at radius 1 is 1.17 bits per heavy atom. The first-order chi connectivity index (χ1) is 11.4. The molecular formula is C15H20N4O4S. The molecule has 0 saturated heterocycles. The second-order valence-electron chi connectivity index (χ2n) is 5.04. The molecule has 0 aliphatic carbocycles. The molecule has 2 rings (SSSR count). The summed E-state index contributed by atoms with van der Waals surface area (Å²) in [7, 11) is -0.749. The van der Waals surface area contributed by atoms with Gasteiger partial charge >= 0.3 is 0 Å². The Kier molecular flexibility index (Phi) is 5.58. The smallest absolute Gasteiger partial charge is 0.264 e. The Hall–Kier alpha value is -2.39. The number of nitrogen functional groups attached to an aromatic ring is 1. The fraction of sp³-hybridized carbons (Fsp3) is 0.333. The van der Waals surface area contributed by atoms with Gasteiger partial charge in [-0.05, 0) is 31.2 Å². The first-order valence-electron chi connectivity index (χ1n) is 7.16. The fourth-order valence-electron chi connectivity index (χ4n) is 2.10. The molecule has 0 radical (unpaired) electrons. The van der Waals surface area contributed by atoms with Gasteiger partial charge in [-0.3, -0.25) is 0 Å². The molecule has 8 nitrogen and oxygen atoms in total. The molecule has 0 bridgehead atoms. The van der Waals surface area contributed by atoms with Crippen LogP contribution < -0.4 is 15.2 Å². The maximum Gasteiger partial charge on any atom is 0.264 e. The Bertz CT molecular complexity index is 807. The van der Waals surface area contributed by atoms with E-state index in [0.29, 0.717) is 30.3 Å². The third-order valence-electron chi connectivity index (χ3n) is 3.34. The number of aryl methyl sites for hydroxylation is 1. The van der Waals surface area contributed by atoms with Crippen molar-refractivity contribution >= 4 is 21.7 Å². The van der Waals surface area contributed by atoms with E-state index >= 15 is 0 Å². The van der Waals surface area contributed by atoms with Gasteiger partial charge in [-0.15, -0.1) is 0 Å². The van der Waals surface area contributed by atoms with Gasteiger partial charge in [-0.2, -0.15) is 4.98 Å². The second-order valence-corrected chi connectivity index (χ2v) is 6.72. The Balaban J connectivity index is 2.32. The summed E-state index contributed by atoms with van der Waals surface area (Å²) in [4.78, 5) is 8.40. The van der Waals surface area contributed by atoms with Gasteiger partial charge in [0.1, 0.15) is 0 Å². The SMILES string of the molecule is COCCc1c(C)nc(NS(=O)(=O)c2ccc(N)cc2)nc1OC. The predicted molar refractivity (Wildman–Crippen MR) is 90.6 cm³/mol. The molecule has 0 spiro atoms. The lowest BCUT2D eigenvalue weighted by Gasteiger charge is -2.13. The molecule has 3 N–H and O–H groups in total. The summed E-state index contributed by atoms with van der Waals surface area (Å²) in [6.45, 7) is 2.24. The summed E-state index contributed by atoms with van der Waals surface area (Å²) < 4.78 is 37.4. The summed E-state index contributed by atoms with van der Waals surface area (Å²) in [6.07, 6.45) is 0.566. The number of benzene rings is 1. The monoisotopic (exact) mass is 352 g/mol. The van der Waals surface area contributed by atoms with Gasteiger partial charge in [0.25, 0.3) is 10.0 Å². The van der Waals surface area contributed by atoms with E-state index in [9.17, 15) is 8.42 Å². The van der Waals surface area contributed by atoms with Gasteiger partial charge in [-0.1, -0.05) is 0 Å². The number of hydrogen-bond acceptors (Lipinski definition) is 7. The third kappa shape index (κ3) is 4.12. The minimum atomic E-state index is -3.81. The van der Waals surface area contributed by atoms with Crippen molar-refractivity contribution in [3.05, 3.63) is 35.5 Å². The summed E-state index contributed by atoms with van der Waals surface area (Å²) in [5.41, 5.74) is 7.44. The van der Waals surface area contributed by atoms with Crippen molar-refractivity contribution in [1.29, 1.82) is 0 Å². The maximum atomic E-state index is 12.4. The van der Waals surface area contributed by atoms with Crippen LogP contribution in [-0.2, 0) is 21.2 Å². The average molecular weight is 352 g/mol. The van der Waals surface area contributed by atoms with Crippen molar-refractivity contribution in [2.24, 2.45) is 0 Å². The molecule has 0 fully saturated rings. The molecule has 130 valence electrons. The molecule has 0 amide bonds. The second kappa shape index (κ2) is 7.45. The Labute approximate surface area is 141 Å². The molecule has 1 aromatic heterocycles.